The van der Waals surface area contributed by atoms with Crippen LogP contribution >= 0.6 is 0 Å². The molecule has 2 atom stereocenters. The van der Waals surface area contributed by atoms with E-state index >= 15 is 0 Å². The topological polar surface area (TPSA) is 70.7 Å². The maximum absolute atomic E-state index is 12.4. The molecule has 2 N–H and O–H groups in total. The Morgan fingerprint density at radius 1 is 1.32 bits per heavy atom. The minimum Gasteiger partial charge on any atom is -0.380 e. The van der Waals surface area contributed by atoms with Crippen LogP contribution in [0.4, 0.5) is 0 Å². The van der Waals surface area contributed by atoms with Crippen LogP contribution in [0.3, 0.4) is 0 Å². The van der Waals surface area contributed by atoms with Crippen LogP contribution in [0.5, 0.6) is 0 Å². The predicted octanol–water partition coefficient (Wildman–Crippen LogP) is 0.0737. The number of rotatable bonds is 6. The molecule has 2 unspecified atom stereocenters. The highest BCUT2D eigenvalue weighted by atomic mass is 32.2. The maximum atomic E-state index is 12.4. The Bertz CT molecular complexity index is 368. The Kier molecular flexibility index (Phi) is 5.58. The van der Waals surface area contributed by atoms with E-state index in [1.807, 2.05) is 6.92 Å². The summed E-state index contributed by atoms with van der Waals surface area (Å²) < 4.78 is 34.5. The molecule has 0 aromatic heterocycles. The predicted molar refractivity (Wildman–Crippen MR) is 74.2 cm³/mol. The third-order valence-electron chi connectivity index (χ3n) is 3.76. The zero-order valence-electron chi connectivity index (χ0n) is 11.6. The van der Waals surface area contributed by atoms with E-state index in [2.05, 4.69) is 10.0 Å². The Balaban J connectivity index is 1.98. The fraction of sp³-hybridized carbons (Fsp3) is 1.00. The molecule has 2 rings (SSSR count). The fourth-order valence-corrected chi connectivity index (χ4v) is 4.40. The number of ether oxygens (including phenoxy) is 1. The van der Waals surface area contributed by atoms with Gasteiger partial charge in [0.05, 0.1) is 6.61 Å². The standard InChI is InChI=1S/C12H25N3O3S/c1-2-13-9-12-5-3-4-7-15(12)19(16,17)14-11-6-8-18-10-11/h11-14H,2-10H2,1H3. The summed E-state index contributed by atoms with van der Waals surface area (Å²) in [6.45, 7) is 5.40. The van der Waals surface area contributed by atoms with Gasteiger partial charge in [0.15, 0.2) is 0 Å². The third-order valence-corrected chi connectivity index (χ3v) is 5.49. The molecule has 0 radical (unpaired) electrons. The average molecular weight is 291 g/mol. The van der Waals surface area contributed by atoms with Crippen molar-refractivity contribution in [2.24, 2.45) is 0 Å². The summed E-state index contributed by atoms with van der Waals surface area (Å²) >= 11 is 0. The van der Waals surface area contributed by atoms with Crippen molar-refractivity contribution in [1.82, 2.24) is 14.3 Å². The molecule has 2 fully saturated rings. The molecule has 0 bridgehead atoms. The van der Waals surface area contributed by atoms with Crippen LogP contribution in [-0.4, -0.2) is 57.7 Å². The second-order valence-corrected chi connectivity index (χ2v) is 6.91. The number of hydrogen-bond acceptors (Lipinski definition) is 4. The van der Waals surface area contributed by atoms with E-state index in [1.54, 1.807) is 4.31 Å². The van der Waals surface area contributed by atoms with E-state index in [4.69, 9.17) is 4.74 Å². The van der Waals surface area contributed by atoms with E-state index in [1.165, 1.54) is 0 Å². The molecule has 0 spiro atoms. The van der Waals surface area contributed by atoms with Gasteiger partial charge in [-0.15, -0.1) is 0 Å². The van der Waals surface area contributed by atoms with E-state index in [9.17, 15) is 8.42 Å². The molecule has 112 valence electrons. The monoisotopic (exact) mass is 291 g/mol. The van der Waals surface area contributed by atoms with E-state index in [-0.39, 0.29) is 12.1 Å². The SMILES string of the molecule is CCNCC1CCCCN1S(=O)(=O)NC1CCOC1. The van der Waals surface area contributed by atoms with Gasteiger partial charge >= 0.3 is 0 Å². The van der Waals surface area contributed by atoms with Gasteiger partial charge in [-0.3, -0.25) is 0 Å². The van der Waals surface area contributed by atoms with Gasteiger partial charge in [0, 0.05) is 31.8 Å². The van der Waals surface area contributed by atoms with E-state index in [0.29, 0.717) is 19.8 Å². The van der Waals surface area contributed by atoms with Crippen LogP contribution in [0, 0.1) is 0 Å². The molecule has 2 aliphatic heterocycles. The smallest absolute Gasteiger partial charge is 0.280 e. The van der Waals surface area contributed by atoms with Crippen molar-refractivity contribution in [2.45, 2.75) is 44.7 Å². The largest absolute Gasteiger partial charge is 0.380 e. The third kappa shape index (κ3) is 4.13. The number of piperidine rings is 1. The van der Waals surface area contributed by atoms with Crippen molar-refractivity contribution in [2.75, 3.05) is 32.8 Å². The number of nitrogens with zero attached hydrogens (tertiary/aromatic N) is 1. The first-order chi connectivity index (χ1) is 9.13. The lowest BCUT2D eigenvalue weighted by Gasteiger charge is -2.35. The summed E-state index contributed by atoms with van der Waals surface area (Å²) in [5.74, 6) is 0. The summed E-state index contributed by atoms with van der Waals surface area (Å²) in [6, 6.07) is 0.0141. The Labute approximate surface area is 116 Å². The van der Waals surface area contributed by atoms with Crippen molar-refractivity contribution in [1.29, 1.82) is 0 Å². The van der Waals surface area contributed by atoms with Gasteiger partial charge in [-0.1, -0.05) is 13.3 Å². The summed E-state index contributed by atoms with van der Waals surface area (Å²) in [6.07, 6.45) is 3.76. The second-order valence-electron chi connectivity index (χ2n) is 5.25. The maximum Gasteiger partial charge on any atom is 0.280 e. The highest BCUT2D eigenvalue weighted by Gasteiger charge is 2.34. The van der Waals surface area contributed by atoms with Gasteiger partial charge in [-0.25, -0.2) is 0 Å². The van der Waals surface area contributed by atoms with E-state index in [0.717, 1.165) is 38.8 Å². The lowest BCUT2D eigenvalue weighted by Crippen LogP contribution is -2.54. The summed E-state index contributed by atoms with van der Waals surface area (Å²) in [5.41, 5.74) is 0. The van der Waals surface area contributed by atoms with Gasteiger partial charge in [0.25, 0.3) is 10.2 Å². The molecule has 0 amide bonds. The highest BCUT2D eigenvalue weighted by molar-refractivity contribution is 7.87. The first kappa shape index (κ1) is 15.2. The molecule has 7 heteroatoms. The fourth-order valence-electron chi connectivity index (χ4n) is 2.71. The van der Waals surface area contributed by atoms with Crippen molar-refractivity contribution < 1.29 is 13.2 Å². The lowest BCUT2D eigenvalue weighted by molar-refractivity contribution is 0.191. The highest BCUT2D eigenvalue weighted by Crippen LogP contribution is 2.20. The average Bonchev–Trinajstić information content (AvgIpc) is 2.88. The van der Waals surface area contributed by atoms with Crippen molar-refractivity contribution in [3.8, 4) is 0 Å². The van der Waals surface area contributed by atoms with Gasteiger partial charge in [0.1, 0.15) is 0 Å². The molecule has 0 aromatic carbocycles. The van der Waals surface area contributed by atoms with Crippen LogP contribution in [0.2, 0.25) is 0 Å². The lowest BCUT2D eigenvalue weighted by atomic mass is 10.1. The van der Waals surface area contributed by atoms with Crippen molar-refractivity contribution in [3.63, 3.8) is 0 Å². The summed E-state index contributed by atoms with van der Waals surface area (Å²) in [4.78, 5) is 0. The Morgan fingerprint density at radius 3 is 2.84 bits per heavy atom. The molecule has 2 aliphatic rings. The molecule has 0 saturated carbocycles. The molecule has 2 saturated heterocycles. The Hall–Kier alpha value is -0.210. The zero-order valence-corrected chi connectivity index (χ0v) is 12.4. The van der Waals surface area contributed by atoms with Gasteiger partial charge < -0.3 is 10.1 Å². The molecule has 19 heavy (non-hydrogen) atoms. The zero-order chi connectivity index (χ0) is 13.7. The first-order valence-electron chi connectivity index (χ1n) is 7.21. The first-order valence-corrected chi connectivity index (χ1v) is 8.65. The van der Waals surface area contributed by atoms with Crippen LogP contribution in [-0.2, 0) is 14.9 Å². The van der Waals surface area contributed by atoms with Gasteiger partial charge in [0.2, 0.25) is 0 Å². The minimum absolute atomic E-state index is 0.0632. The molecule has 0 aliphatic carbocycles. The Morgan fingerprint density at radius 2 is 2.16 bits per heavy atom. The van der Waals surface area contributed by atoms with Gasteiger partial charge in [-0.2, -0.15) is 17.4 Å². The summed E-state index contributed by atoms with van der Waals surface area (Å²) in [5, 5.41) is 3.26. The van der Waals surface area contributed by atoms with Crippen molar-refractivity contribution in [3.05, 3.63) is 0 Å². The van der Waals surface area contributed by atoms with Crippen LogP contribution in [0.1, 0.15) is 32.6 Å². The molecule has 6 nitrogen and oxygen atoms in total. The normalized spacial score (nSPS) is 29.7. The molecular weight excluding hydrogens is 266 g/mol. The molecule has 2 heterocycles. The quantitative estimate of drug-likeness (QED) is 0.727. The second kappa shape index (κ2) is 6.99. The molecular formula is C12H25N3O3S. The number of nitrogens with one attached hydrogen (secondary N) is 2. The van der Waals surface area contributed by atoms with Crippen LogP contribution in [0.15, 0.2) is 0 Å². The van der Waals surface area contributed by atoms with Gasteiger partial charge in [-0.05, 0) is 25.8 Å². The van der Waals surface area contributed by atoms with Crippen LogP contribution in [0.25, 0.3) is 0 Å². The minimum atomic E-state index is -3.38. The number of hydrogen-bond donors (Lipinski definition) is 2. The number of likely N-dealkylation sites (N-methyl/N-ethyl adjacent to an activating group) is 1. The molecule has 0 aromatic rings. The van der Waals surface area contributed by atoms with E-state index < -0.39 is 10.2 Å². The van der Waals surface area contributed by atoms with Crippen LogP contribution < -0.4 is 10.0 Å². The van der Waals surface area contributed by atoms with Crippen molar-refractivity contribution >= 4 is 10.2 Å². The summed E-state index contributed by atoms with van der Waals surface area (Å²) in [7, 11) is -3.38.